The summed E-state index contributed by atoms with van der Waals surface area (Å²) in [7, 11) is 1.53. The number of ether oxygens (including phenoxy) is 2. The zero-order valence-corrected chi connectivity index (χ0v) is 23.5. The number of aryl methyl sites for hydroxylation is 1. The molecular weight excluding hydrogens is 566 g/mol. The maximum absolute atomic E-state index is 13.9. The summed E-state index contributed by atoms with van der Waals surface area (Å²) in [5.74, 6) is -1.29. The molecule has 1 N–H and O–H groups in total. The van der Waals surface area contributed by atoms with Crippen LogP contribution in [0.25, 0.3) is 0 Å². The minimum Gasteiger partial charge on any atom is -0.493 e. The van der Waals surface area contributed by atoms with Crippen LogP contribution in [0.5, 0.6) is 11.5 Å². The Kier molecular flexibility index (Phi) is 6.88. The number of fused-ring (bicyclic) bond motifs is 2. The van der Waals surface area contributed by atoms with E-state index in [1.807, 2.05) is 37.3 Å². The van der Waals surface area contributed by atoms with Crippen LogP contribution in [0.1, 0.15) is 27.5 Å². The molecular formula is C29H23N3O7S2. The van der Waals surface area contributed by atoms with Crippen molar-refractivity contribution >= 4 is 46.3 Å². The minimum atomic E-state index is -0.801. The molecule has 1 fully saturated rings. The molecule has 3 atom stereocenters. The highest BCUT2D eigenvalue weighted by Crippen LogP contribution is 2.53. The van der Waals surface area contributed by atoms with Crippen molar-refractivity contribution in [2.24, 2.45) is 5.92 Å². The first-order valence-electron chi connectivity index (χ1n) is 12.6. The van der Waals surface area contributed by atoms with E-state index in [9.17, 15) is 24.5 Å². The van der Waals surface area contributed by atoms with Gasteiger partial charge in [0.05, 0.1) is 28.7 Å². The number of carbonyl (C=O) groups excluding carboxylic acids is 2. The van der Waals surface area contributed by atoms with Crippen molar-refractivity contribution in [1.29, 1.82) is 0 Å². The van der Waals surface area contributed by atoms with Crippen LogP contribution in [0.3, 0.4) is 0 Å². The van der Waals surface area contributed by atoms with Gasteiger partial charge in [-0.3, -0.25) is 24.5 Å². The Labute approximate surface area is 242 Å². The maximum Gasteiger partial charge on any atom is 0.305 e. The Morgan fingerprint density at radius 2 is 1.76 bits per heavy atom. The van der Waals surface area contributed by atoms with Crippen molar-refractivity contribution < 1.29 is 24.0 Å². The average molecular weight is 590 g/mol. The van der Waals surface area contributed by atoms with Crippen molar-refractivity contribution in [2.75, 3.05) is 12.0 Å². The number of anilines is 1. The fraction of sp³-hybridized carbons (Fsp3) is 0.207. The van der Waals surface area contributed by atoms with Gasteiger partial charge in [-0.2, -0.15) is 0 Å². The number of rotatable bonds is 7. The van der Waals surface area contributed by atoms with Crippen molar-refractivity contribution in [3.63, 3.8) is 0 Å². The number of nitro groups is 1. The highest BCUT2D eigenvalue weighted by Gasteiger charge is 2.56. The molecule has 3 unspecified atom stereocenters. The quantitative estimate of drug-likeness (QED) is 0.180. The van der Waals surface area contributed by atoms with E-state index in [-0.39, 0.29) is 16.2 Å². The van der Waals surface area contributed by atoms with Gasteiger partial charge < -0.3 is 14.5 Å². The van der Waals surface area contributed by atoms with Crippen molar-refractivity contribution in [3.8, 4) is 11.5 Å². The number of nitrogens with zero attached hydrogens (tertiary/aromatic N) is 2. The van der Waals surface area contributed by atoms with E-state index in [4.69, 9.17) is 9.47 Å². The zero-order chi connectivity index (χ0) is 28.8. The highest BCUT2D eigenvalue weighted by molar-refractivity contribution is 8.00. The highest BCUT2D eigenvalue weighted by atomic mass is 32.2. The normalized spacial score (nSPS) is 19.6. The number of non-ortho nitro benzene ring substituents is 1. The van der Waals surface area contributed by atoms with Crippen molar-refractivity contribution in [2.45, 2.75) is 29.7 Å². The number of hydrogen-bond donors (Lipinski definition) is 1. The molecule has 0 aliphatic carbocycles. The predicted octanol–water partition coefficient (Wildman–Crippen LogP) is 5.04. The zero-order valence-electron chi connectivity index (χ0n) is 21.9. The Morgan fingerprint density at radius 3 is 2.46 bits per heavy atom. The second kappa shape index (κ2) is 10.5. The third-order valence-corrected chi connectivity index (χ3v) is 9.73. The third-order valence-electron chi connectivity index (χ3n) is 7.33. The second-order valence-electron chi connectivity index (χ2n) is 9.66. The summed E-state index contributed by atoms with van der Waals surface area (Å²) in [6, 6.07) is 18.6. The van der Waals surface area contributed by atoms with Crippen LogP contribution in [-0.2, 0) is 16.2 Å². The summed E-state index contributed by atoms with van der Waals surface area (Å²) < 4.78 is 11.7. The second-order valence-corrected chi connectivity index (χ2v) is 11.8. The first-order valence-corrected chi connectivity index (χ1v) is 14.3. The van der Waals surface area contributed by atoms with Gasteiger partial charge in [0.2, 0.25) is 11.8 Å². The third kappa shape index (κ3) is 4.68. The topological polar surface area (TPSA) is 132 Å². The van der Waals surface area contributed by atoms with Crippen LogP contribution in [0.4, 0.5) is 11.4 Å². The fourth-order valence-corrected chi connectivity index (χ4v) is 7.79. The predicted molar refractivity (Wildman–Crippen MR) is 154 cm³/mol. The molecule has 3 aromatic carbocycles. The van der Waals surface area contributed by atoms with E-state index in [0.717, 1.165) is 39.1 Å². The molecule has 3 heterocycles. The molecule has 1 aromatic heterocycles. The summed E-state index contributed by atoms with van der Waals surface area (Å²) in [5, 5.41) is 10.9. The van der Waals surface area contributed by atoms with Gasteiger partial charge in [0.15, 0.2) is 11.5 Å². The number of hydrogen-bond acceptors (Lipinski definition) is 9. The van der Waals surface area contributed by atoms with Crippen LogP contribution < -0.4 is 19.2 Å². The minimum absolute atomic E-state index is 0.144. The van der Waals surface area contributed by atoms with Crippen molar-refractivity contribution in [3.05, 3.63) is 108 Å². The molecule has 12 heteroatoms. The maximum atomic E-state index is 13.9. The molecule has 10 nitrogen and oxygen atoms in total. The lowest BCUT2D eigenvalue weighted by Gasteiger charge is -2.30. The lowest BCUT2D eigenvalue weighted by molar-refractivity contribution is -0.384. The average Bonchev–Trinajstić information content (AvgIpc) is 3.46. The van der Waals surface area contributed by atoms with E-state index < -0.39 is 33.8 Å². The van der Waals surface area contributed by atoms with E-state index >= 15 is 0 Å². The number of carbonyl (C=O) groups is 2. The van der Waals surface area contributed by atoms with E-state index in [1.165, 1.54) is 31.4 Å². The van der Waals surface area contributed by atoms with Gasteiger partial charge in [-0.1, -0.05) is 53.4 Å². The number of thiazole rings is 1. The molecule has 208 valence electrons. The molecule has 1 saturated heterocycles. The number of imide groups is 1. The smallest absolute Gasteiger partial charge is 0.305 e. The number of aromatic nitrogens is 1. The Bertz CT molecular complexity index is 1750. The van der Waals surface area contributed by atoms with Gasteiger partial charge in [-0.15, -0.1) is 0 Å². The van der Waals surface area contributed by atoms with Crippen LogP contribution >= 0.6 is 23.1 Å². The molecule has 2 amide bonds. The first kappa shape index (κ1) is 26.8. The summed E-state index contributed by atoms with van der Waals surface area (Å²) >= 11 is 2.18. The molecule has 2 aliphatic heterocycles. The summed E-state index contributed by atoms with van der Waals surface area (Å²) in [4.78, 5) is 54.7. The molecule has 0 saturated carbocycles. The number of nitro benzene ring substituents is 1. The number of benzene rings is 3. The molecule has 0 bridgehead atoms. The molecule has 0 spiro atoms. The Hall–Kier alpha value is -4.42. The largest absolute Gasteiger partial charge is 0.493 e. The number of methoxy groups -OCH3 is 1. The summed E-state index contributed by atoms with van der Waals surface area (Å²) in [6.07, 6.45) is 0. The lowest BCUT2D eigenvalue weighted by atomic mass is 9.83. The van der Waals surface area contributed by atoms with Gasteiger partial charge >= 0.3 is 4.87 Å². The van der Waals surface area contributed by atoms with E-state index in [0.29, 0.717) is 33.6 Å². The number of amides is 2. The molecule has 2 aliphatic rings. The van der Waals surface area contributed by atoms with E-state index in [2.05, 4.69) is 4.98 Å². The van der Waals surface area contributed by atoms with Crippen LogP contribution in [-0.4, -0.2) is 34.1 Å². The summed E-state index contributed by atoms with van der Waals surface area (Å²) in [6.45, 7) is 2.35. The standard InChI is InChI=1S/C29H23N3O7S2/c1-15-5-3-4-6-17(15)14-39-20-12-7-16(13-21(20)38-2)22-23-25(40-26-24(22)41-29(35)30-26)28(34)31(27(23)33)18-8-10-19(11-9-18)32(36)37/h3-13,22-23,25H,14H2,1-2H3,(H,30,35). The SMILES string of the molecule is COc1cc(C2c3sc(=O)[nH]c3SC3C(=O)N(c4ccc([N+](=O)[O-])cc4)C(=O)C32)ccc1OCc1ccccc1C. The van der Waals surface area contributed by atoms with Crippen molar-refractivity contribution in [1.82, 2.24) is 4.98 Å². The van der Waals surface area contributed by atoms with Gasteiger partial charge in [-0.25, -0.2) is 4.90 Å². The molecule has 6 rings (SSSR count). The number of aromatic amines is 1. The Morgan fingerprint density at radius 1 is 1.00 bits per heavy atom. The van der Waals surface area contributed by atoms with Gasteiger partial charge in [0.25, 0.3) is 5.69 Å². The Balaban J connectivity index is 1.37. The monoisotopic (exact) mass is 589 g/mol. The number of H-pyrrole nitrogens is 1. The fourth-order valence-electron chi connectivity index (χ4n) is 5.28. The molecule has 41 heavy (non-hydrogen) atoms. The molecule has 4 aromatic rings. The van der Waals surface area contributed by atoms with Gasteiger partial charge in [0, 0.05) is 22.9 Å². The van der Waals surface area contributed by atoms with E-state index in [1.54, 1.807) is 12.1 Å². The summed E-state index contributed by atoms with van der Waals surface area (Å²) in [5.41, 5.74) is 2.95. The van der Waals surface area contributed by atoms with Crippen LogP contribution in [0, 0.1) is 23.0 Å². The van der Waals surface area contributed by atoms with Crippen LogP contribution in [0.2, 0.25) is 0 Å². The number of nitrogens with one attached hydrogen (secondary N) is 1. The number of thioether (sulfide) groups is 1. The van der Waals surface area contributed by atoms with Crippen LogP contribution in [0.15, 0.2) is 76.6 Å². The van der Waals surface area contributed by atoms with Gasteiger partial charge in [0.1, 0.15) is 11.9 Å². The van der Waals surface area contributed by atoms with Gasteiger partial charge in [-0.05, 0) is 47.9 Å². The lowest BCUT2D eigenvalue weighted by Crippen LogP contribution is -2.32. The first-order chi connectivity index (χ1) is 19.8. The molecule has 0 radical (unpaired) electrons.